The molecule has 0 unspecified atom stereocenters. The van der Waals surface area contributed by atoms with Crippen LogP contribution in [0.2, 0.25) is 0 Å². The van der Waals surface area contributed by atoms with Gasteiger partial charge in [0, 0.05) is 0 Å². The summed E-state index contributed by atoms with van der Waals surface area (Å²) in [6, 6.07) is 0. The molecule has 2 N–H and O–H groups in total. The molecule has 0 rings (SSSR count). The maximum Gasteiger partial charge on any atom is 0.641 e. The summed E-state index contributed by atoms with van der Waals surface area (Å²) in [5, 5.41) is 0. The lowest BCUT2D eigenvalue weighted by Gasteiger charge is -1.95. The molecule has 0 aromatic carbocycles. The van der Waals surface area contributed by atoms with Crippen LogP contribution >= 0.6 is 0 Å². The van der Waals surface area contributed by atoms with Gasteiger partial charge in [-0.2, -0.15) is 0 Å². The zero-order valence-electron chi connectivity index (χ0n) is 3.34. The first-order chi connectivity index (χ1) is 3.25. The molecule has 7 heteroatoms. The van der Waals surface area contributed by atoms with Crippen molar-refractivity contribution in [2.24, 2.45) is 0 Å². The minimum atomic E-state index is -5.59. The Balaban J connectivity index is 4.26. The third-order valence-corrected chi connectivity index (χ3v) is 0.905. The molecule has 0 saturated carbocycles. The van der Waals surface area contributed by atoms with E-state index in [1.807, 2.05) is 0 Å². The fraction of sp³-hybridized carbons (Fsp3) is 1.00. The molecule has 0 saturated heterocycles. The maximum atomic E-state index is 10.8. The van der Waals surface area contributed by atoms with Crippen LogP contribution in [0.4, 0.5) is 13.2 Å². The molecule has 0 radical (unpaired) electrons. The van der Waals surface area contributed by atoms with Crippen LogP contribution in [0.1, 0.15) is 0 Å². The third kappa shape index (κ3) is 1.76. The Hall–Kier alpha value is -0.140. The van der Waals surface area contributed by atoms with Gasteiger partial charge in [0.05, 0.1) is 0 Å². The van der Waals surface area contributed by atoms with Gasteiger partial charge in [-0.05, 0) is 4.21 Å². The van der Waals surface area contributed by atoms with Crippen molar-refractivity contribution in [2.75, 3.05) is 0 Å². The average molecular weight is 151 g/mol. The van der Waals surface area contributed by atoms with Crippen LogP contribution in [0.3, 0.4) is 0 Å². The van der Waals surface area contributed by atoms with Crippen LogP contribution in [-0.4, -0.2) is 14.6 Å². The first kappa shape index (κ1) is 7.86. The summed E-state index contributed by atoms with van der Waals surface area (Å²) < 4.78 is 56.2. The normalized spacial score (nSPS) is 14.1. The standard InChI is InChI=1S/CHF3O3S/c2-1(3,4)8(5,6)7/h(H-,5,6,7)/p+1. The molecule has 0 amide bonds. The second-order valence-electron chi connectivity index (χ2n) is 0.942. The topological polar surface area (TPSA) is 57.5 Å². The van der Waals surface area contributed by atoms with Gasteiger partial charge in [-0.15, -0.1) is 22.3 Å². The van der Waals surface area contributed by atoms with Crippen LogP contribution in [0.5, 0.6) is 0 Å². The first-order valence-corrected chi connectivity index (χ1v) is 2.77. The number of halogens is 3. The Labute approximate surface area is 43.6 Å². The first-order valence-electron chi connectivity index (χ1n) is 1.30. The predicted octanol–water partition coefficient (Wildman–Crippen LogP) is 0.952. The largest absolute Gasteiger partial charge is 0.641 e. The van der Waals surface area contributed by atoms with Crippen molar-refractivity contribution in [1.82, 2.24) is 0 Å². The lowest BCUT2D eigenvalue weighted by atomic mass is 11.6. The van der Waals surface area contributed by atoms with E-state index in [0.717, 1.165) is 0 Å². The third-order valence-electron chi connectivity index (χ3n) is 0.302. The van der Waals surface area contributed by atoms with E-state index in [1.165, 1.54) is 0 Å². The minimum Gasteiger partial charge on any atom is -0.150 e. The molecule has 3 nitrogen and oxygen atoms in total. The van der Waals surface area contributed by atoms with Gasteiger partial charge in [-0.1, -0.05) is 0 Å². The number of hydrogen-bond acceptors (Lipinski definition) is 1. The van der Waals surface area contributed by atoms with Crippen LogP contribution in [0.25, 0.3) is 0 Å². The smallest absolute Gasteiger partial charge is 0.150 e. The lowest BCUT2D eigenvalue weighted by molar-refractivity contribution is -0.0590. The highest BCUT2D eigenvalue weighted by Crippen LogP contribution is 2.25. The van der Waals surface area contributed by atoms with Gasteiger partial charge in [-0.3, -0.25) is 0 Å². The molecular formula is CH2F3O3S+. The summed E-state index contributed by atoms with van der Waals surface area (Å²) in [6.07, 6.45) is 0. The van der Waals surface area contributed by atoms with Gasteiger partial charge in [0.15, 0.2) is 0 Å². The van der Waals surface area contributed by atoms with Crippen molar-refractivity contribution in [1.29, 1.82) is 0 Å². The zero-order valence-corrected chi connectivity index (χ0v) is 4.16. The van der Waals surface area contributed by atoms with Gasteiger partial charge >= 0.3 is 16.0 Å². The molecule has 0 heterocycles. The van der Waals surface area contributed by atoms with E-state index in [-0.39, 0.29) is 0 Å². The summed E-state index contributed by atoms with van der Waals surface area (Å²) in [5.74, 6) is 0. The summed E-state index contributed by atoms with van der Waals surface area (Å²) in [5.41, 5.74) is -5.42. The van der Waals surface area contributed by atoms with Crippen molar-refractivity contribution >= 4 is 10.5 Å². The van der Waals surface area contributed by atoms with Crippen LogP contribution in [-0.2, 0) is 14.7 Å². The van der Waals surface area contributed by atoms with Crippen LogP contribution < -0.4 is 0 Å². The molecule has 0 spiro atoms. The molecule has 8 heavy (non-hydrogen) atoms. The quantitative estimate of drug-likeness (QED) is 0.507. The Morgan fingerprint density at radius 1 is 1.25 bits per heavy atom. The van der Waals surface area contributed by atoms with Crippen molar-refractivity contribution in [3.8, 4) is 0 Å². The molecule has 0 aliphatic rings. The van der Waals surface area contributed by atoms with E-state index in [2.05, 4.69) is 0 Å². The Morgan fingerprint density at radius 3 is 1.38 bits per heavy atom. The summed E-state index contributed by atoms with van der Waals surface area (Å²) in [6.45, 7) is 0. The van der Waals surface area contributed by atoms with E-state index in [0.29, 0.717) is 0 Å². The molecule has 0 aromatic heterocycles. The molecule has 0 atom stereocenters. The number of alkyl halides is 3. The summed E-state index contributed by atoms with van der Waals surface area (Å²) >= 11 is 0. The van der Waals surface area contributed by atoms with Gasteiger partial charge in [0.1, 0.15) is 0 Å². The van der Waals surface area contributed by atoms with E-state index in [1.54, 1.807) is 0 Å². The zero-order chi connectivity index (χ0) is 7.00. The van der Waals surface area contributed by atoms with Crippen LogP contribution in [0.15, 0.2) is 0 Å². The van der Waals surface area contributed by atoms with E-state index >= 15 is 0 Å². The Morgan fingerprint density at radius 2 is 1.38 bits per heavy atom. The molecule has 0 fully saturated rings. The monoisotopic (exact) mass is 151 g/mol. The SMILES string of the molecule is O=[S+](O)(O)C(F)(F)F. The number of rotatable bonds is 0. The Bertz CT molecular complexity index is 121. The molecule has 0 bridgehead atoms. The molecule has 0 aliphatic heterocycles. The maximum absolute atomic E-state index is 10.8. The molecule has 0 aliphatic carbocycles. The van der Waals surface area contributed by atoms with E-state index in [9.17, 15) is 17.4 Å². The highest BCUT2D eigenvalue weighted by molar-refractivity contribution is 7.93. The minimum absolute atomic E-state index is 5.42. The van der Waals surface area contributed by atoms with E-state index in [4.69, 9.17) is 9.11 Å². The molecule has 50 valence electrons. The van der Waals surface area contributed by atoms with Crippen molar-refractivity contribution in [2.45, 2.75) is 5.51 Å². The van der Waals surface area contributed by atoms with Crippen molar-refractivity contribution in [3.05, 3.63) is 0 Å². The van der Waals surface area contributed by atoms with Crippen LogP contribution in [0, 0.1) is 0 Å². The van der Waals surface area contributed by atoms with Crippen molar-refractivity contribution in [3.63, 3.8) is 0 Å². The second kappa shape index (κ2) is 1.67. The van der Waals surface area contributed by atoms with Crippen molar-refractivity contribution < 1.29 is 26.5 Å². The highest BCUT2D eigenvalue weighted by Gasteiger charge is 2.59. The summed E-state index contributed by atoms with van der Waals surface area (Å²) in [4.78, 5) is 0. The number of hydrogen-bond donors (Lipinski definition) is 2. The second-order valence-corrected chi connectivity index (χ2v) is 2.40. The predicted molar refractivity (Wildman–Crippen MR) is 19.4 cm³/mol. The molecular weight excluding hydrogens is 149 g/mol. The van der Waals surface area contributed by atoms with E-state index < -0.39 is 16.0 Å². The van der Waals surface area contributed by atoms with Gasteiger partial charge in [0.25, 0.3) is 0 Å². The summed E-state index contributed by atoms with van der Waals surface area (Å²) in [7, 11) is -5.59. The van der Waals surface area contributed by atoms with Gasteiger partial charge in [0.2, 0.25) is 0 Å². The fourth-order valence-corrected chi connectivity index (χ4v) is 0. The lowest BCUT2D eigenvalue weighted by Crippen LogP contribution is -2.28. The Kier molecular flexibility index (Phi) is 1.65. The highest BCUT2D eigenvalue weighted by atomic mass is 32.3. The van der Waals surface area contributed by atoms with Gasteiger partial charge < -0.3 is 0 Å². The van der Waals surface area contributed by atoms with Gasteiger partial charge in [-0.25, -0.2) is 0 Å². The average Bonchev–Trinajstić information content (AvgIpc) is 1.25. The molecule has 0 aromatic rings. The fourth-order valence-electron chi connectivity index (χ4n) is 0.